The van der Waals surface area contributed by atoms with Crippen molar-refractivity contribution in [3.8, 4) is 0 Å². The van der Waals surface area contributed by atoms with Crippen LogP contribution in [-0.2, 0) is 0 Å². The van der Waals surface area contributed by atoms with Gasteiger partial charge in [-0.15, -0.1) is 0 Å². The minimum Gasteiger partial charge on any atom is -0.380 e. The number of benzene rings is 1. The first-order valence-electron chi connectivity index (χ1n) is 5.88. The lowest BCUT2D eigenvalue weighted by atomic mass is 10.2. The van der Waals surface area contributed by atoms with Gasteiger partial charge in [0.05, 0.1) is 4.92 Å². The third-order valence-electron chi connectivity index (χ3n) is 3.41. The molecule has 18 heavy (non-hydrogen) atoms. The second kappa shape index (κ2) is 5.24. The molecule has 98 valence electrons. The molecule has 1 saturated heterocycles. The summed E-state index contributed by atoms with van der Waals surface area (Å²) in [7, 11) is 2.11. The fourth-order valence-electron chi connectivity index (χ4n) is 2.25. The lowest BCUT2D eigenvalue weighted by Crippen LogP contribution is -2.25. The molecule has 1 aromatic carbocycles. The van der Waals surface area contributed by atoms with Gasteiger partial charge in [-0.05, 0) is 42.4 Å². The topological polar surface area (TPSA) is 58.4 Å². The molecule has 0 aromatic heterocycles. The van der Waals surface area contributed by atoms with Gasteiger partial charge in [0.15, 0.2) is 0 Å². The number of nitro groups is 1. The van der Waals surface area contributed by atoms with Crippen LogP contribution in [0.2, 0.25) is 0 Å². The van der Waals surface area contributed by atoms with Crippen molar-refractivity contribution in [2.75, 3.05) is 18.9 Å². The van der Waals surface area contributed by atoms with E-state index >= 15 is 0 Å². The van der Waals surface area contributed by atoms with Crippen molar-refractivity contribution in [2.24, 2.45) is 0 Å². The lowest BCUT2D eigenvalue weighted by Gasteiger charge is -2.15. The number of hydrogen-bond acceptors (Lipinski definition) is 4. The van der Waals surface area contributed by atoms with Gasteiger partial charge >= 0.3 is 0 Å². The first-order valence-corrected chi connectivity index (χ1v) is 6.67. The summed E-state index contributed by atoms with van der Waals surface area (Å²) in [5, 5.41) is 14.1. The molecule has 0 saturated carbocycles. The number of likely N-dealkylation sites (tertiary alicyclic amines) is 1. The zero-order valence-corrected chi connectivity index (χ0v) is 12.0. The van der Waals surface area contributed by atoms with Crippen molar-refractivity contribution in [3.63, 3.8) is 0 Å². The number of nitro benzene ring substituents is 1. The van der Waals surface area contributed by atoms with E-state index in [0.29, 0.717) is 12.1 Å². The monoisotopic (exact) mass is 313 g/mol. The minimum atomic E-state index is -0.389. The normalized spacial score (nSPS) is 24.2. The highest BCUT2D eigenvalue weighted by Crippen LogP contribution is 2.29. The molecule has 1 N–H and O–H groups in total. The van der Waals surface area contributed by atoms with Crippen molar-refractivity contribution < 1.29 is 4.92 Å². The molecule has 1 fully saturated rings. The van der Waals surface area contributed by atoms with Crippen LogP contribution >= 0.6 is 15.9 Å². The number of hydrogen-bond donors (Lipinski definition) is 1. The maximum atomic E-state index is 10.7. The molecule has 2 atom stereocenters. The van der Waals surface area contributed by atoms with Gasteiger partial charge in [0, 0.05) is 40.9 Å². The molecule has 0 radical (unpaired) electrons. The summed E-state index contributed by atoms with van der Waals surface area (Å²) in [4.78, 5) is 12.6. The summed E-state index contributed by atoms with van der Waals surface area (Å²) in [5.41, 5.74) is 1.01. The SMILES string of the molecule is CC1CC(Nc2ccc([N+](=O)[O-])cc2Br)CN1C. The average molecular weight is 314 g/mol. The number of likely N-dealkylation sites (N-methyl/N-ethyl adjacent to an activating group) is 1. The smallest absolute Gasteiger partial charge is 0.270 e. The predicted octanol–water partition coefficient (Wildman–Crippen LogP) is 2.86. The first kappa shape index (κ1) is 13.3. The van der Waals surface area contributed by atoms with Gasteiger partial charge in [0.2, 0.25) is 0 Å². The Morgan fingerprint density at radius 2 is 2.28 bits per heavy atom. The highest BCUT2D eigenvalue weighted by Gasteiger charge is 2.26. The van der Waals surface area contributed by atoms with E-state index in [-0.39, 0.29) is 10.6 Å². The summed E-state index contributed by atoms with van der Waals surface area (Å²) in [6, 6.07) is 5.77. The molecular formula is C12H16BrN3O2. The summed E-state index contributed by atoms with van der Waals surface area (Å²) >= 11 is 3.37. The van der Waals surface area contributed by atoms with Crippen LogP contribution in [0.1, 0.15) is 13.3 Å². The van der Waals surface area contributed by atoms with E-state index in [0.717, 1.165) is 23.1 Å². The van der Waals surface area contributed by atoms with E-state index in [1.807, 2.05) is 0 Å². The van der Waals surface area contributed by atoms with Crippen LogP contribution in [0.15, 0.2) is 22.7 Å². The summed E-state index contributed by atoms with van der Waals surface area (Å²) in [6.45, 7) is 3.19. The van der Waals surface area contributed by atoms with Crippen molar-refractivity contribution >= 4 is 27.3 Å². The van der Waals surface area contributed by atoms with E-state index in [4.69, 9.17) is 0 Å². The standard InChI is InChI=1S/C12H16BrN3O2/c1-8-5-9(7-15(8)2)14-12-4-3-10(16(17)18)6-11(12)13/h3-4,6,8-9,14H,5,7H2,1-2H3. The summed E-state index contributed by atoms with van der Waals surface area (Å²) in [5.74, 6) is 0. The molecule has 1 aromatic rings. The molecule has 5 nitrogen and oxygen atoms in total. The fraction of sp³-hybridized carbons (Fsp3) is 0.500. The predicted molar refractivity (Wildman–Crippen MR) is 74.9 cm³/mol. The maximum absolute atomic E-state index is 10.7. The fourth-order valence-corrected chi connectivity index (χ4v) is 2.73. The number of anilines is 1. The zero-order valence-electron chi connectivity index (χ0n) is 10.4. The molecule has 1 aliphatic rings. The number of nitrogens with one attached hydrogen (secondary N) is 1. The first-order chi connectivity index (χ1) is 8.47. The lowest BCUT2D eigenvalue weighted by molar-refractivity contribution is -0.384. The van der Waals surface area contributed by atoms with Gasteiger partial charge in [-0.1, -0.05) is 0 Å². The van der Waals surface area contributed by atoms with Crippen LogP contribution in [0.3, 0.4) is 0 Å². The molecule has 6 heteroatoms. The largest absolute Gasteiger partial charge is 0.380 e. The molecule has 1 aliphatic heterocycles. The van der Waals surface area contributed by atoms with Crippen LogP contribution in [-0.4, -0.2) is 35.5 Å². The van der Waals surface area contributed by atoms with Gasteiger partial charge in [0.1, 0.15) is 0 Å². The van der Waals surface area contributed by atoms with Crippen LogP contribution in [0, 0.1) is 10.1 Å². The van der Waals surface area contributed by atoms with Gasteiger partial charge in [-0.25, -0.2) is 0 Å². The number of rotatable bonds is 3. The van der Waals surface area contributed by atoms with Crippen LogP contribution < -0.4 is 5.32 Å². The van der Waals surface area contributed by atoms with Crippen molar-refractivity contribution in [2.45, 2.75) is 25.4 Å². The molecule has 0 spiro atoms. The van der Waals surface area contributed by atoms with Crippen molar-refractivity contribution in [1.29, 1.82) is 0 Å². The van der Waals surface area contributed by atoms with E-state index < -0.39 is 0 Å². The Balaban J connectivity index is 2.08. The Morgan fingerprint density at radius 1 is 1.56 bits per heavy atom. The molecule has 0 amide bonds. The van der Waals surface area contributed by atoms with Crippen molar-refractivity contribution in [1.82, 2.24) is 4.90 Å². The third-order valence-corrected chi connectivity index (χ3v) is 4.07. The minimum absolute atomic E-state index is 0.101. The Morgan fingerprint density at radius 3 is 2.78 bits per heavy atom. The second-order valence-electron chi connectivity index (χ2n) is 4.79. The average Bonchev–Trinajstić information content (AvgIpc) is 2.61. The molecule has 1 heterocycles. The van der Waals surface area contributed by atoms with E-state index in [2.05, 4.69) is 40.1 Å². The quantitative estimate of drug-likeness (QED) is 0.688. The molecule has 2 unspecified atom stereocenters. The van der Waals surface area contributed by atoms with Gasteiger partial charge in [-0.2, -0.15) is 0 Å². The zero-order chi connectivity index (χ0) is 13.3. The number of non-ortho nitro benzene ring substituents is 1. The molecular weight excluding hydrogens is 298 g/mol. The van der Waals surface area contributed by atoms with Crippen LogP contribution in [0.4, 0.5) is 11.4 Å². The maximum Gasteiger partial charge on any atom is 0.270 e. The number of nitrogens with zero attached hydrogens (tertiary/aromatic N) is 2. The Hall–Kier alpha value is -1.14. The molecule has 0 bridgehead atoms. The van der Waals surface area contributed by atoms with Crippen molar-refractivity contribution in [3.05, 3.63) is 32.8 Å². The van der Waals surface area contributed by atoms with E-state index in [1.54, 1.807) is 6.07 Å². The second-order valence-corrected chi connectivity index (χ2v) is 5.64. The highest BCUT2D eigenvalue weighted by atomic mass is 79.9. The van der Waals surface area contributed by atoms with E-state index in [1.165, 1.54) is 12.1 Å². The Kier molecular flexibility index (Phi) is 3.87. The Bertz CT molecular complexity index is 457. The van der Waals surface area contributed by atoms with Crippen LogP contribution in [0.25, 0.3) is 0 Å². The van der Waals surface area contributed by atoms with Crippen LogP contribution in [0.5, 0.6) is 0 Å². The van der Waals surface area contributed by atoms with Gasteiger partial charge in [-0.3, -0.25) is 10.1 Å². The molecule has 2 rings (SSSR count). The van der Waals surface area contributed by atoms with E-state index in [9.17, 15) is 10.1 Å². The highest BCUT2D eigenvalue weighted by molar-refractivity contribution is 9.10. The molecule has 0 aliphatic carbocycles. The van der Waals surface area contributed by atoms with Gasteiger partial charge in [0.25, 0.3) is 5.69 Å². The number of halogens is 1. The van der Waals surface area contributed by atoms with Gasteiger partial charge < -0.3 is 10.2 Å². The Labute approximate surface area is 114 Å². The summed E-state index contributed by atoms with van der Waals surface area (Å²) in [6.07, 6.45) is 1.08. The summed E-state index contributed by atoms with van der Waals surface area (Å²) < 4.78 is 0.735. The third kappa shape index (κ3) is 2.81.